The zero-order valence-electron chi connectivity index (χ0n) is 13.4. The van der Waals surface area contributed by atoms with Gasteiger partial charge in [0.1, 0.15) is 12.7 Å². The van der Waals surface area contributed by atoms with Gasteiger partial charge in [-0.1, -0.05) is 6.07 Å². The van der Waals surface area contributed by atoms with Crippen molar-refractivity contribution < 1.29 is 4.79 Å². The highest BCUT2D eigenvalue weighted by molar-refractivity contribution is 7.07. The molecule has 6 nitrogen and oxygen atoms in total. The quantitative estimate of drug-likeness (QED) is 0.717. The maximum absolute atomic E-state index is 12.5. The maximum Gasteiger partial charge on any atom is 0.222 e. The molecule has 3 aromatic heterocycles. The SMILES string of the molecule is C[C@H](CC(=O)N[C@@H](Cc1ccsc1)c1ccccn1)n1cncn1. The van der Waals surface area contributed by atoms with Crippen molar-refractivity contribution in [2.75, 3.05) is 0 Å². The van der Waals surface area contributed by atoms with E-state index in [9.17, 15) is 4.79 Å². The lowest BCUT2D eigenvalue weighted by atomic mass is 10.0. The van der Waals surface area contributed by atoms with E-state index < -0.39 is 0 Å². The first-order valence-corrected chi connectivity index (χ1v) is 8.72. The Hall–Kier alpha value is -2.54. The summed E-state index contributed by atoms with van der Waals surface area (Å²) in [7, 11) is 0. The van der Waals surface area contributed by atoms with Crippen LogP contribution in [0.3, 0.4) is 0 Å². The first-order valence-electron chi connectivity index (χ1n) is 7.78. The van der Waals surface area contributed by atoms with Crippen molar-refractivity contribution >= 4 is 17.2 Å². The molecule has 0 unspecified atom stereocenters. The van der Waals surface area contributed by atoms with Crippen LogP contribution in [0.5, 0.6) is 0 Å². The first-order chi connectivity index (χ1) is 11.7. The van der Waals surface area contributed by atoms with Gasteiger partial charge in [-0.25, -0.2) is 9.67 Å². The molecule has 0 saturated carbocycles. The molecule has 0 radical (unpaired) electrons. The number of carbonyl (C=O) groups is 1. The zero-order valence-corrected chi connectivity index (χ0v) is 14.2. The summed E-state index contributed by atoms with van der Waals surface area (Å²) in [6.07, 6.45) is 5.92. The Bertz CT molecular complexity index is 743. The number of thiophene rings is 1. The molecule has 3 rings (SSSR count). The predicted molar refractivity (Wildman–Crippen MR) is 92.5 cm³/mol. The largest absolute Gasteiger partial charge is 0.347 e. The van der Waals surface area contributed by atoms with Crippen LogP contribution in [0.2, 0.25) is 0 Å². The molecule has 0 saturated heterocycles. The molecule has 3 heterocycles. The Morgan fingerprint density at radius 2 is 2.29 bits per heavy atom. The normalized spacial score (nSPS) is 13.4. The molecule has 0 aromatic carbocycles. The van der Waals surface area contributed by atoms with Crippen LogP contribution in [0.25, 0.3) is 0 Å². The summed E-state index contributed by atoms with van der Waals surface area (Å²) in [5.41, 5.74) is 2.06. The van der Waals surface area contributed by atoms with Gasteiger partial charge in [0.25, 0.3) is 0 Å². The molecule has 3 aromatic rings. The van der Waals surface area contributed by atoms with E-state index in [-0.39, 0.29) is 18.0 Å². The van der Waals surface area contributed by atoms with Gasteiger partial charge in [-0.15, -0.1) is 0 Å². The number of hydrogen-bond donors (Lipinski definition) is 1. The van der Waals surface area contributed by atoms with Gasteiger partial charge < -0.3 is 5.32 Å². The first kappa shape index (κ1) is 16.3. The van der Waals surface area contributed by atoms with Crippen molar-refractivity contribution in [3.05, 3.63) is 65.1 Å². The molecule has 0 bridgehead atoms. The van der Waals surface area contributed by atoms with Gasteiger partial charge in [0.05, 0.1) is 17.8 Å². The van der Waals surface area contributed by atoms with Gasteiger partial charge in [0.15, 0.2) is 0 Å². The number of carbonyl (C=O) groups excluding carboxylic acids is 1. The average molecular weight is 341 g/mol. The Labute approximate surface area is 144 Å². The van der Waals surface area contributed by atoms with Crippen LogP contribution in [0, 0.1) is 0 Å². The van der Waals surface area contributed by atoms with Crippen LogP contribution in [-0.2, 0) is 11.2 Å². The minimum atomic E-state index is -0.142. The number of amides is 1. The maximum atomic E-state index is 12.5. The molecule has 0 aliphatic rings. The van der Waals surface area contributed by atoms with Crippen molar-refractivity contribution in [3.8, 4) is 0 Å². The summed E-state index contributed by atoms with van der Waals surface area (Å²) in [6.45, 7) is 1.95. The lowest BCUT2D eigenvalue weighted by Crippen LogP contribution is -2.32. The lowest BCUT2D eigenvalue weighted by Gasteiger charge is -2.19. The summed E-state index contributed by atoms with van der Waals surface area (Å²) in [6, 6.07) is 7.64. The molecular weight excluding hydrogens is 322 g/mol. The van der Waals surface area contributed by atoms with Crippen molar-refractivity contribution in [2.24, 2.45) is 0 Å². The minimum absolute atomic E-state index is 0.0242. The average Bonchev–Trinajstić information content (AvgIpc) is 3.29. The smallest absolute Gasteiger partial charge is 0.222 e. The minimum Gasteiger partial charge on any atom is -0.347 e. The van der Waals surface area contributed by atoms with Crippen LogP contribution in [-0.4, -0.2) is 25.7 Å². The molecule has 0 aliphatic carbocycles. The van der Waals surface area contributed by atoms with Crippen molar-refractivity contribution in [1.82, 2.24) is 25.1 Å². The predicted octanol–water partition coefficient (Wildman–Crippen LogP) is 2.79. The number of nitrogens with one attached hydrogen (secondary N) is 1. The summed E-state index contributed by atoms with van der Waals surface area (Å²) in [4.78, 5) is 20.8. The standard InChI is InChI=1S/C17H19N5OS/c1-13(22-12-18-11-20-22)8-17(23)21-16(9-14-5-7-24-10-14)15-4-2-3-6-19-15/h2-7,10-13,16H,8-9H2,1H3,(H,21,23)/t13-,16+/m1/s1. The fraction of sp³-hybridized carbons (Fsp3) is 0.294. The summed E-state index contributed by atoms with van der Waals surface area (Å²) < 4.78 is 1.69. The van der Waals surface area contributed by atoms with E-state index in [4.69, 9.17) is 0 Å². The zero-order chi connectivity index (χ0) is 16.8. The number of hydrogen-bond acceptors (Lipinski definition) is 5. The van der Waals surface area contributed by atoms with Crippen LogP contribution in [0.15, 0.2) is 53.9 Å². The van der Waals surface area contributed by atoms with E-state index in [0.717, 1.165) is 12.1 Å². The summed E-state index contributed by atoms with van der Waals surface area (Å²) in [5.74, 6) is -0.0242. The Morgan fingerprint density at radius 3 is 2.96 bits per heavy atom. The number of rotatable bonds is 7. The van der Waals surface area contributed by atoms with E-state index in [1.165, 1.54) is 11.9 Å². The second kappa shape index (κ2) is 7.83. The van der Waals surface area contributed by atoms with Crippen LogP contribution in [0.1, 0.15) is 36.7 Å². The van der Waals surface area contributed by atoms with Crippen LogP contribution < -0.4 is 5.32 Å². The molecule has 1 N–H and O–H groups in total. The molecular formula is C17H19N5OS. The molecule has 0 spiro atoms. The highest BCUT2D eigenvalue weighted by atomic mass is 32.1. The van der Waals surface area contributed by atoms with Gasteiger partial charge in [0.2, 0.25) is 5.91 Å². The molecule has 1 amide bonds. The van der Waals surface area contributed by atoms with Crippen molar-refractivity contribution in [2.45, 2.75) is 31.8 Å². The number of pyridine rings is 1. The monoisotopic (exact) mass is 341 g/mol. The third-order valence-electron chi connectivity index (χ3n) is 3.77. The van der Waals surface area contributed by atoms with Gasteiger partial charge in [-0.3, -0.25) is 9.78 Å². The highest BCUT2D eigenvalue weighted by Gasteiger charge is 2.19. The van der Waals surface area contributed by atoms with E-state index in [2.05, 4.69) is 31.8 Å². The molecule has 0 fully saturated rings. The number of nitrogens with zero attached hydrogens (tertiary/aromatic N) is 4. The fourth-order valence-corrected chi connectivity index (χ4v) is 3.20. The van der Waals surface area contributed by atoms with Gasteiger partial charge in [0, 0.05) is 12.6 Å². The van der Waals surface area contributed by atoms with E-state index in [0.29, 0.717) is 6.42 Å². The van der Waals surface area contributed by atoms with Crippen LogP contribution >= 0.6 is 11.3 Å². The third kappa shape index (κ3) is 4.26. The fourth-order valence-electron chi connectivity index (χ4n) is 2.52. The summed E-state index contributed by atoms with van der Waals surface area (Å²) in [5, 5.41) is 11.3. The van der Waals surface area contributed by atoms with E-state index >= 15 is 0 Å². The lowest BCUT2D eigenvalue weighted by molar-refractivity contribution is -0.122. The molecule has 0 aliphatic heterocycles. The number of aromatic nitrogens is 4. The van der Waals surface area contributed by atoms with Gasteiger partial charge in [-0.2, -0.15) is 16.4 Å². The van der Waals surface area contributed by atoms with Gasteiger partial charge in [-0.05, 0) is 47.9 Å². The van der Waals surface area contributed by atoms with Crippen LogP contribution in [0.4, 0.5) is 0 Å². The van der Waals surface area contributed by atoms with E-state index in [1.807, 2.05) is 30.5 Å². The molecule has 24 heavy (non-hydrogen) atoms. The second-order valence-corrected chi connectivity index (χ2v) is 6.42. The second-order valence-electron chi connectivity index (χ2n) is 5.64. The highest BCUT2D eigenvalue weighted by Crippen LogP contribution is 2.19. The Balaban J connectivity index is 1.68. The topological polar surface area (TPSA) is 72.7 Å². The summed E-state index contributed by atoms with van der Waals surface area (Å²) >= 11 is 1.65. The Kier molecular flexibility index (Phi) is 5.32. The molecule has 2 atom stereocenters. The Morgan fingerprint density at radius 1 is 1.38 bits per heavy atom. The van der Waals surface area contributed by atoms with Crippen molar-refractivity contribution in [1.29, 1.82) is 0 Å². The molecule has 124 valence electrons. The molecule has 7 heteroatoms. The van der Waals surface area contributed by atoms with Crippen molar-refractivity contribution in [3.63, 3.8) is 0 Å². The van der Waals surface area contributed by atoms with Gasteiger partial charge >= 0.3 is 0 Å². The third-order valence-corrected chi connectivity index (χ3v) is 4.50. The van der Waals surface area contributed by atoms with E-state index in [1.54, 1.807) is 28.5 Å².